The molecule has 0 aliphatic carbocycles. The van der Waals surface area contributed by atoms with Crippen molar-refractivity contribution < 1.29 is 0 Å². The largest absolute Gasteiger partial charge is 0.0654 e. The first kappa shape index (κ1) is 25.0. The van der Waals surface area contributed by atoms with Crippen molar-refractivity contribution in [3.05, 3.63) is 6.42 Å². The van der Waals surface area contributed by atoms with E-state index in [9.17, 15) is 0 Å². The first-order chi connectivity index (χ1) is 12.2. The SMILES string of the molecule is CCCCCCCCC(C[CH]C(CC)C(CC)CCCC)CCCC. The minimum Gasteiger partial charge on any atom is -0.0654 e. The molecule has 0 aromatic heterocycles. The molecule has 0 nitrogen and oxygen atoms in total. The molecule has 0 aliphatic rings. The van der Waals surface area contributed by atoms with Crippen LogP contribution in [0, 0.1) is 24.2 Å². The van der Waals surface area contributed by atoms with Crippen LogP contribution in [0.1, 0.15) is 137 Å². The molecular formula is C25H51. The molecule has 0 aromatic rings. The van der Waals surface area contributed by atoms with Gasteiger partial charge in [-0.3, -0.25) is 0 Å². The monoisotopic (exact) mass is 351 g/mol. The fourth-order valence-electron chi connectivity index (χ4n) is 4.33. The summed E-state index contributed by atoms with van der Waals surface area (Å²) >= 11 is 0. The fraction of sp³-hybridized carbons (Fsp3) is 0.960. The van der Waals surface area contributed by atoms with Gasteiger partial charge in [-0.05, 0) is 30.6 Å². The Hall–Kier alpha value is 0. The van der Waals surface area contributed by atoms with Crippen molar-refractivity contribution in [2.24, 2.45) is 17.8 Å². The third kappa shape index (κ3) is 13.8. The van der Waals surface area contributed by atoms with Crippen molar-refractivity contribution in [3.8, 4) is 0 Å². The zero-order valence-corrected chi connectivity index (χ0v) is 18.6. The van der Waals surface area contributed by atoms with Gasteiger partial charge in [0, 0.05) is 0 Å². The second kappa shape index (κ2) is 18.8. The van der Waals surface area contributed by atoms with Crippen LogP contribution in [-0.2, 0) is 0 Å². The van der Waals surface area contributed by atoms with Gasteiger partial charge in [0.15, 0.2) is 0 Å². The van der Waals surface area contributed by atoms with Crippen LogP contribution >= 0.6 is 0 Å². The first-order valence-corrected chi connectivity index (χ1v) is 12.1. The molecule has 3 atom stereocenters. The fourth-order valence-corrected chi connectivity index (χ4v) is 4.33. The maximum absolute atomic E-state index is 2.75. The lowest BCUT2D eigenvalue weighted by Gasteiger charge is -2.27. The second-order valence-corrected chi connectivity index (χ2v) is 8.42. The average molecular weight is 352 g/mol. The number of unbranched alkanes of at least 4 members (excludes halogenated alkanes) is 7. The Bertz CT molecular complexity index is 244. The van der Waals surface area contributed by atoms with Crippen molar-refractivity contribution in [1.82, 2.24) is 0 Å². The van der Waals surface area contributed by atoms with Crippen LogP contribution in [-0.4, -0.2) is 0 Å². The molecule has 0 saturated heterocycles. The van der Waals surface area contributed by atoms with Crippen LogP contribution in [0.25, 0.3) is 0 Å². The Morgan fingerprint density at radius 1 is 0.560 bits per heavy atom. The van der Waals surface area contributed by atoms with E-state index in [0.717, 1.165) is 17.8 Å². The van der Waals surface area contributed by atoms with Gasteiger partial charge in [-0.2, -0.15) is 0 Å². The smallest absolute Gasteiger partial charge is 0.0349 e. The number of rotatable bonds is 19. The summed E-state index contributed by atoms with van der Waals surface area (Å²) in [6.07, 6.45) is 25.4. The molecule has 0 heteroatoms. The molecule has 0 aromatic carbocycles. The standard InChI is InChI=1S/C25H51/c1-6-11-14-15-16-17-19-23(18-12-7-2)21-22-25(10-5)24(9-4)20-13-8-3/h22-25H,6-21H2,1-5H3. The maximum atomic E-state index is 2.75. The molecule has 25 heavy (non-hydrogen) atoms. The van der Waals surface area contributed by atoms with Gasteiger partial charge in [0.05, 0.1) is 0 Å². The van der Waals surface area contributed by atoms with Crippen LogP contribution < -0.4 is 0 Å². The Morgan fingerprint density at radius 3 is 1.72 bits per heavy atom. The molecule has 0 aliphatic heterocycles. The van der Waals surface area contributed by atoms with Crippen LogP contribution in [0.15, 0.2) is 0 Å². The van der Waals surface area contributed by atoms with Gasteiger partial charge in [-0.25, -0.2) is 0 Å². The third-order valence-corrected chi connectivity index (χ3v) is 6.23. The van der Waals surface area contributed by atoms with E-state index in [0.29, 0.717) is 0 Å². The van der Waals surface area contributed by atoms with Gasteiger partial charge in [0.1, 0.15) is 0 Å². The molecule has 0 fully saturated rings. The Labute approximate surface area is 161 Å². The van der Waals surface area contributed by atoms with E-state index in [1.54, 1.807) is 0 Å². The molecule has 0 bridgehead atoms. The van der Waals surface area contributed by atoms with E-state index >= 15 is 0 Å². The minimum absolute atomic E-state index is 0.866. The summed E-state index contributed by atoms with van der Waals surface area (Å²) in [5.41, 5.74) is 0. The summed E-state index contributed by atoms with van der Waals surface area (Å²) in [6.45, 7) is 11.8. The van der Waals surface area contributed by atoms with Crippen molar-refractivity contribution in [2.75, 3.05) is 0 Å². The van der Waals surface area contributed by atoms with Gasteiger partial charge in [0.2, 0.25) is 0 Å². The molecule has 151 valence electrons. The molecular weight excluding hydrogens is 300 g/mol. The van der Waals surface area contributed by atoms with Crippen LogP contribution in [0.3, 0.4) is 0 Å². The Balaban J connectivity index is 4.23. The first-order valence-electron chi connectivity index (χ1n) is 12.1. The van der Waals surface area contributed by atoms with Gasteiger partial charge in [0.25, 0.3) is 0 Å². The lowest BCUT2D eigenvalue weighted by Crippen LogP contribution is -2.16. The second-order valence-electron chi connectivity index (χ2n) is 8.42. The predicted molar refractivity (Wildman–Crippen MR) is 117 cm³/mol. The summed E-state index contributed by atoms with van der Waals surface area (Å²) in [4.78, 5) is 0. The highest BCUT2D eigenvalue weighted by Crippen LogP contribution is 2.31. The van der Waals surface area contributed by atoms with Crippen molar-refractivity contribution in [2.45, 2.75) is 137 Å². The molecule has 0 spiro atoms. The van der Waals surface area contributed by atoms with E-state index in [1.807, 2.05) is 0 Å². The van der Waals surface area contributed by atoms with E-state index in [4.69, 9.17) is 0 Å². The summed E-state index contributed by atoms with van der Waals surface area (Å²) < 4.78 is 0. The van der Waals surface area contributed by atoms with Gasteiger partial charge >= 0.3 is 0 Å². The Kier molecular flexibility index (Phi) is 18.8. The lowest BCUT2D eigenvalue weighted by atomic mass is 9.79. The third-order valence-electron chi connectivity index (χ3n) is 6.23. The van der Waals surface area contributed by atoms with E-state index in [2.05, 4.69) is 41.0 Å². The molecule has 0 saturated carbocycles. The van der Waals surface area contributed by atoms with Gasteiger partial charge in [-0.1, -0.05) is 131 Å². The topological polar surface area (TPSA) is 0 Å². The number of hydrogen-bond acceptors (Lipinski definition) is 0. The molecule has 0 heterocycles. The maximum Gasteiger partial charge on any atom is -0.0349 e. The van der Waals surface area contributed by atoms with Crippen LogP contribution in [0.4, 0.5) is 0 Å². The molecule has 0 amide bonds. The summed E-state index contributed by atoms with van der Waals surface area (Å²) in [5.74, 6) is 2.76. The summed E-state index contributed by atoms with van der Waals surface area (Å²) in [6, 6.07) is 0. The zero-order valence-electron chi connectivity index (χ0n) is 18.6. The minimum atomic E-state index is 0.866. The van der Waals surface area contributed by atoms with E-state index in [-0.39, 0.29) is 0 Å². The quantitative estimate of drug-likeness (QED) is 0.203. The summed E-state index contributed by atoms with van der Waals surface area (Å²) in [7, 11) is 0. The van der Waals surface area contributed by atoms with E-state index < -0.39 is 0 Å². The van der Waals surface area contributed by atoms with Crippen molar-refractivity contribution >= 4 is 0 Å². The zero-order chi connectivity index (χ0) is 18.8. The van der Waals surface area contributed by atoms with Gasteiger partial charge in [-0.15, -0.1) is 0 Å². The molecule has 1 radical (unpaired) electrons. The Morgan fingerprint density at radius 2 is 1.12 bits per heavy atom. The number of hydrogen-bond donors (Lipinski definition) is 0. The highest BCUT2D eigenvalue weighted by Gasteiger charge is 2.20. The lowest BCUT2D eigenvalue weighted by molar-refractivity contribution is 0.298. The van der Waals surface area contributed by atoms with E-state index in [1.165, 1.54) is 103 Å². The highest BCUT2D eigenvalue weighted by atomic mass is 14.2. The summed E-state index contributed by atoms with van der Waals surface area (Å²) in [5, 5.41) is 0. The molecule has 3 unspecified atom stereocenters. The molecule has 0 N–H and O–H groups in total. The van der Waals surface area contributed by atoms with Gasteiger partial charge < -0.3 is 0 Å². The average Bonchev–Trinajstić information content (AvgIpc) is 2.64. The van der Waals surface area contributed by atoms with Crippen LogP contribution in [0.5, 0.6) is 0 Å². The van der Waals surface area contributed by atoms with Crippen molar-refractivity contribution in [1.29, 1.82) is 0 Å². The normalized spacial score (nSPS) is 15.2. The highest BCUT2D eigenvalue weighted by molar-refractivity contribution is 4.83. The van der Waals surface area contributed by atoms with Crippen molar-refractivity contribution in [3.63, 3.8) is 0 Å². The predicted octanol–water partition coefficient (Wildman–Crippen LogP) is 9.38. The van der Waals surface area contributed by atoms with Crippen LogP contribution in [0.2, 0.25) is 0 Å². The molecule has 0 rings (SSSR count).